The van der Waals surface area contributed by atoms with Gasteiger partial charge in [0.1, 0.15) is 0 Å². The summed E-state index contributed by atoms with van der Waals surface area (Å²) in [5, 5.41) is 23.3. The summed E-state index contributed by atoms with van der Waals surface area (Å²) < 4.78 is 4.88. The quantitative estimate of drug-likeness (QED) is 0.490. The Hall–Kier alpha value is -1.34. The highest BCUT2D eigenvalue weighted by atomic mass is 16.5. The average molecular weight is 262 g/mol. The van der Waals surface area contributed by atoms with Gasteiger partial charge in [0.15, 0.2) is 0 Å². The van der Waals surface area contributed by atoms with Gasteiger partial charge in [0.2, 0.25) is 0 Å². The van der Waals surface area contributed by atoms with Crippen molar-refractivity contribution < 1.29 is 24.5 Å². The number of carbonyl (C=O) groups excluding carboxylic acids is 1. The highest BCUT2D eigenvalue weighted by Gasteiger charge is 2.24. The zero-order chi connectivity index (χ0) is 14.2. The molecule has 18 heavy (non-hydrogen) atoms. The molecule has 0 bridgehead atoms. The molecule has 0 saturated heterocycles. The molecule has 0 aliphatic rings. The van der Waals surface area contributed by atoms with Crippen LogP contribution < -0.4 is 10.6 Å². The maximum absolute atomic E-state index is 11.4. The van der Waals surface area contributed by atoms with E-state index in [-0.39, 0.29) is 12.6 Å². The third-order valence-corrected chi connectivity index (χ3v) is 2.29. The Kier molecular flexibility index (Phi) is 7.30. The van der Waals surface area contributed by atoms with Crippen molar-refractivity contribution in [3.05, 3.63) is 0 Å². The fourth-order valence-corrected chi connectivity index (χ4v) is 1.30. The Morgan fingerprint density at radius 3 is 2.56 bits per heavy atom. The highest BCUT2D eigenvalue weighted by molar-refractivity contribution is 5.74. The minimum Gasteiger partial charge on any atom is -0.481 e. The molecule has 0 rings (SSSR count). The van der Waals surface area contributed by atoms with Gasteiger partial charge in [-0.05, 0) is 20.3 Å². The summed E-state index contributed by atoms with van der Waals surface area (Å²) in [5.41, 5.74) is -1.46. The smallest absolute Gasteiger partial charge is 0.315 e. The molecule has 0 radical (unpaired) electrons. The van der Waals surface area contributed by atoms with E-state index in [4.69, 9.17) is 9.84 Å². The number of methoxy groups -OCH3 is 1. The van der Waals surface area contributed by atoms with Crippen LogP contribution in [0.2, 0.25) is 0 Å². The van der Waals surface area contributed by atoms with E-state index in [0.29, 0.717) is 13.0 Å². The standard InChI is InChI=1S/C11H22N2O5/c1-8(4-5-18-3)13-10(16)12-7-11(2,17)6-9(14)15/h8,17H,4-7H2,1-3H3,(H,14,15)(H2,12,13,16). The van der Waals surface area contributed by atoms with Crippen molar-refractivity contribution in [2.75, 3.05) is 20.3 Å². The first kappa shape index (κ1) is 16.7. The number of hydrogen-bond donors (Lipinski definition) is 4. The first-order valence-corrected chi connectivity index (χ1v) is 5.74. The number of aliphatic hydroxyl groups is 1. The van der Waals surface area contributed by atoms with Gasteiger partial charge in [0.05, 0.1) is 12.0 Å². The van der Waals surface area contributed by atoms with Crippen molar-refractivity contribution in [1.82, 2.24) is 10.6 Å². The van der Waals surface area contributed by atoms with Crippen molar-refractivity contribution in [2.24, 2.45) is 0 Å². The molecular weight excluding hydrogens is 240 g/mol. The molecule has 2 unspecified atom stereocenters. The third kappa shape index (κ3) is 8.77. The van der Waals surface area contributed by atoms with Gasteiger partial charge in [-0.25, -0.2) is 4.79 Å². The third-order valence-electron chi connectivity index (χ3n) is 2.29. The molecule has 0 aliphatic carbocycles. The van der Waals surface area contributed by atoms with Crippen LogP contribution in [0.4, 0.5) is 4.79 Å². The maximum atomic E-state index is 11.4. The van der Waals surface area contributed by atoms with Crippen LogP contribution in [0.3, 0.4) is 0 Å². The van der Waals surface area contributed by atoms with Crippen LogP contribution in [0.5, 0.6) is 0 Å². The van der Waals surface area contributed by atoms with Crippen LogP contribution in [0.25, 0.3) is 0 Å². The molecule has 4 N–H and O–H groups in total. The number of amides is 2. The van der Waals surface area contributed by atoms with Crippen molar-refractivity contribution >= 4 is 12.0 Å². The first-order valence-electron chi connectivity index (χ1n) is 5.74. The van der Waals surface area contributed by atoms with Crippen LogP contribution in [-0.2, 0) is 9.53 Å². The predicted molar refractivity (Wildman–Crippen MR) is 65.4 cm³/mol. The minimum atomic E-state index is -1.46. The van der Waals surface area contributed by atoms with E-state index < -0.39 is 24.0 Å². The second kappa shape index (κ2) is 7.88. The molecule has 7 heteroatoms. The number of ether oxygens (including phenoxy) is 1. The van der Waals surface area contributed by atoms with Gasteiger partial charge >= 0.3 is 12.0 Å². The van der Waals surface area contributed by atoms with Gasteiger partial charge in [-0.2, -0.15) is 0 Å². The second-order valence-electron chi connectivity index (χ2n) is 4.58. The number of carbonyl (C=O) groups is 2. The van der Waals surface area contributed by atoms with Crippen molar-refractivity contribution in [2.45, 2.75) is 38.3 Å². The van der Waals surface area contributed by atoms with Gasteiger partial charge in [-0.15, -0.1) is 0 Å². The minimum absolute atomic E-state index is 0.0608. The van der Waals surface area contributed by atoms with Crippen LogP contribution in [-0.4, -0.2) is 54.1 Å². The lowest BCUT2D eigenvalue weighted by atomic mass is 10.0. The van der Waals surface area contributed by atoms with Gasteiger partial charge < -0.3 is 25.6 Å². The van der Waals surface area contributed by atoms with E-state index in [1.54, 1.807) is 7.11 Å². The fraction of sp³-hybridized carbons (Fsp3) is 0.818. The number of urea groups is 1. The van der Waals surface area contributed by atoms with E-state index in [0.717, 1.165) is 0 Å². The van der Waals surface area contributed by atoms with E-state index in [1.807, 2.05) is 6.92 Å². The maximum Gasteiger partial charge on any atom is 0.315 e. The molecule has 0 heterocycles. The molecule has 0 aliphatic heterocycles. The molecule has 0 spiro atoms. The van der Waals surface area contributed by atoms with Crippen molar-refractivity contribution in [3.8, 4) is 0 Å². The van der Waals surface area contributed by atoms with Gasteiger partial charge in [0.25, 0.3) is 0 Å². The summed E-state index contributed by atoms with van der Waals surface area (Å²) in [6.45, 7) is 3.60. The first-order chi connectivity index (χ1) is 8.26. The SMILES string of the molecule is COCCC(C)NC(=O)NCC(C)(O)CC(=O)O. The Morgan fingerprint density at radius 1 is 1.44 bits per heavy atom. The van der Waals surface area contributed by atoms with Crippen molar-refractivity contribution in [1.29, 1.82) is 0 Å². The van der Waals surface area contributed by atoms with Gasteiger partial charge in [0, 0.05) is 26.3 Å². The highest BCUT2D eigenvalue weighted by Crippen LogP contribution is 2.07. The lowest BCUT2D eigenvalue weighted by molar-refractivity contribution is -0.141. The molecule has 7 nitrogen and oxygen atoms in total. The molecule has 2 amide bonds. The molecule has 2 atom stereocenters. The number of carboxylic acid groups (broad SMARTS) is 1. The molecule has 0 aromatic heterocycles. The predicted octanol–water partition coefficient (Wildman–Crippen LogP) is -0.0637. The van der Waals surface area contributed by atoms with Crippen LogP contribution in [0, 0.1) is 0 Å². The number of nitrogens with one attached hydrogen (secondary N) is 2. The molecule has 0 fully saturated rings. The number of carboxylic acids is 1. The number of rotatable bonds is 8. The monoisotopic (exact) mass is 262 g/mol. The van der Waals surface area contributed by atoms with Crippen LogP contribution in [0.1, 0.15) is 26.7 Å². The zero-order valence-electron chi connectivity index (χ0n) is 11.0. The summed E-state index contributed by atoms with van der Waals surface area (Å²) in [5.74, 6) is -1.12. The van der Waals surface area contributed by atoms with E-state index in [1.165, 1.54) is 6.92 Å². The van der Waals surface area contributed by atoms with E-state index >= 15 is 0 Å². The van der Waals surface area contributed by atoms with E-state index in [2.05, 4.69) is 10.6 Å². The molecule has 0 aromatic rings. The van der Waals surface area contributed by atoms with Crippen LogP contribution in [0.15, 0.2) is 0 Å². The summed E-state index contributed by atoms with van der Waals surface area (Å²) >= 11 is 0. The summed E-state index contributed by atoms with van der Waals surface area (Å²) in [6, 6.07) is -0.501. The average Bonchev–Trinajstić information content (AvgIpc) is 2.22. The Morgan fingerprint density at radius 2 is 2.06 bits per heavy atom. The van der Waals surface area contributed by atoms with Crippen LogP contribution >= 0.6 is 0 Å². The molecule has 0 aromatic carbocycles. The topological polar surface area (TPSA) is 108 Å². The van der Waals surface area contributed by atoms with Gasteiger partial charge in [-0.1, -0.05) is 0 Å². The number of hydrogen-bond acceptors (Lipinski definition) is 4. The second-order valence-corrected chi connectivity index (χ2v) is 4.58. The molecule has 0 saturated carbocycles. The lowest BCUT2D eigenvalue weighted by Crippen LogP contribution is -2.48. The van der Waals surface area contributed by atoms with E-state index in [9.17, 15) is 14.7 Å². The zero-order valence-corrected chi connectivity index (χ0v) is 11.0. The summed E-state index contributed by atoms with van der Waals surface area (Å²) in [4.78, 5) is 21.9. The lowest BCUT2D eigenvalue weighted by Gasteiger charge is -2.22. The normalized spacial score (nSPS) is 15.6. The Balaban J connectivity index is 3.92. The number of aliphatic carboxylic acids is 1. The largest absolute Gasteiger partial charge is 0.481 e. The molecule has 106 valence electrons. The summed E-state index contributed by atoms with van der Waals surface area (Å²) in [7, 11) is 1.58. The summed E-state index contributed by atoms with van der Waals surface area (Å²) in [6.07, 6.45) is 0.252. The van der Waals surface area contributed by atoms with Gasteiger partial charge in [-0.3, -0.25) is 4.79 Å². The fourth-order valence-electron chi connectivity index (χ4n) is 1.30. The Bertz CT molecular complexity index is 281. The van der Waals surface area contributed by atoms with Crippen molar-refractivity contribution in [3.63, 3.8) is 0 Å². The molecular formula is C11H22N2O5. The Labute approximate surface area is 107 Å².